The van der Waals surface area contributed by atoms with Gasteiger partial charge in [-0.25, -0.2) is 0 Å². The van der Waals surface area contributed by atoms with E-state index in [0.717, 1.165) is 0 Å². The van der Waals surface area contributed by atoms with Gasteiger partial charge in [0.2, 0.25) is 0 Å². The van der Waals surface area contributed by atoms with Crippen molar-refractivity contribution in [3.05, 3.63) is 150 Å². The molecular formula is C48H56O6P2. The Morgan fingerprint density at radius 3 is 0.946 bits per heavy atom. The summed E-state index contributed by atoms with van der Waals surface area (Å²) in [5.41, 5.74) is 4.02. The summed E-state index contributed by atoms with van der Waals surface area (Å²) in [6.07, 6.45) is 19.0. The molecule has 5 aromatic carbocycles. The predicted molar refractivity (Wildman–Crippen MR) is 229 cm³/mol. The molecule has 5 aromatic rings. The Bertz CT molecular complexity index is 1690. The van der Waals surface area contributed by atoms with Gasteiger partial charge < -0.3 is 0 Å². The second kappa shape index (κ2) is 19.4. The number of hydrogen-bond donors (Lipinski definition) is 0. The summed E-state index contributed by atoms with van der Waals surface area (Å²) in [6.45, 7) is 0. The second-order valence-corrected chi connectivity index (χ2v) is 18.8. The van der Waals surface area contributed by atoms with Gasteiger partial charge in [-0.3, -0.25) is 0 Å². The van der Waals surface area contributed by atoms with Crippen LogP contribution in [0.15, 0.2) is 133 Å². The summed E-state index contributed by atoms with van der Waals surface area (Å²) in [4.78, 5) is 0. The SMILES string of the molecule is c1ccc(OP(Oc2ccccc2)O[PH](Oc2ccc(C3CCCCC3)cc2)(Oc2ccc(C3CCCCC3)cc2)Oc2ccc(C3CCCCC3)cc2)cc1. The van der Waals surface area contributed by atoms with Gasteiger partial charge in [0.05, 0.1) is 0 Å². The molecule has 0 aromatic heterocycles. The van der Waals surface area contributed by atoms with E-state index in [-0.39, 0.29) is 0 Å². The Morgan fingerprint density at radius 2 is 0.643 bits per heavy atom. The fourth-order valence-corrected chi connectivity index (χ4v) is 12.1. The van der Waals surface area contributed by atoms with Crippen LogP contribution in [0.2, 0.25) is 0 Å². The van der Waals surface area contributed by atoms with E-state index in [4.69, 9.17) is 26.9 Å². The topological polar surface area (TPSA) is 55.4 Å². The standard InChI is InChI=1S/C48H56O6P2/c1-6-16-38(17-7-1)41-26-32-46(33-27-41)51-56(52-47-34-28-42(29-35-47)39-18-8-2-9-19-39,53-48-36-30-43(31-37-48)40-20-10-3-11-21-40)54-55(49-44-22-12-4-13-23-44)50-45-24-14-5-15-25-45/h4-5,12-15,22-40,56H,1-3,6-11,16-21H2. The molecule has 3 fully saturated rings. The molecule has 0 N–H and O–H groups in total. The summed E-state index contributed by atoms with van der Waals surface area (Å²) in [7, 11) is -6.43. The molecule has 294 valence electrons. The maximum atomic E-state index is 6.99. The van der Waals surface area contributed by atoms with Gasteiger partial charge in [-0.1, -0.05) is 0 Å². The molecule has 0 atom stereocenters. The molecule has 6 nitrogen and oxygen atoms in total. The molecule has 0 radical (unpaired) electrons. The Hall–Kier alpha value is -4.08. The first-order chi connectivity index (χ1) is 27.7. The zero-order valence-corrected chi connectivity index (χ0v) is 34.3. The molecule has 0 amide bonds. The first-order valence-corrected chi connectivity index (χ1v) is 23.7. The molecule has 3 saturated carbocycles. The van der Waals surface area contributed by atoms with Crippen molar-refractivity contribution in [1.82, 2.24) is 0 Å². The fourth-order valence-electron chi connectivity index (χ4n) is 8.57. The summed E-state index contributed by atoms with van der Waals surface area (Å²) in [5, 5.41) is 0. The van der Waals surface area contributed by atoms with Crippen LogP contribution >= 0.6 is 16.8 Å². The Morgan fingerprint density at radius 1 is 0.339 bits per heavy atom. The summed E-state index contributed by atoms with van der Waals surface area (Å²) >= 11 is 0. The molecule has 8 heteroatoms. The van der Waals surface area contributed by atoms with Gasteiger partial charge in [-0.05, 0) is 0 Å². The number of rotatable bonds is 15. The predicted octanol–water partition coefficient (Wildman–Crippen LogP) is 15.2. The molecule has 0 saturated heterocycles. The van der Waals surface area contributed by atoms with Crippen LogP contribution in [0.25, 0.3) is 0 Å². The summed E-state index contributed by atoms with van der Waals surface area (Å²) < 4.78 is 40.9. The molecule has 0 spiro atoms. The molecule has 3 aliphatic carbocycles. The number of hydrogen-bond acceptors (Lipinski definition) is 6. The zero-order valence-electron chi connectivity index (χ0n) is 32.4. The van der Waals surface area contributed by atoms with E-state index in [2.05, 4.69) is 36.4 Å². The summed E-state index contributed by atoms with van der Waals surface area (Å²) in [6, 6.07) is 44.4. The zero-order chi connectivity index (χ0) is 37.8. The van der Waals surface area contributed by atoms with Gasteiger partial charge in [0.25, 0.3) is 0 Å². The molecule has 56 heavy (non-hydrogen) atoms. The van der Waals surface area contributed by atoms with Crippen LogP contribution in [0.4, 0.5) is 0 Å². The van der Waals surface area contributed by atoms with Crippen molar-refractivity contribution in [2.45, 2.75) is 114 Å². The Kier molecular flexibility index (Phi) is 13.4. The van der Waals surface area contributed by atoms with Crippen LogP contribution in [-0.4, -0.2) is 0 Å². The van der Waals surface area contributed by atoms with Crippen LogP contribution in [0.5, 0.6) is 28.7 Å². The third-order valence-corrected chi connectivity index (χ3v) is 15.3. The monoisotopic (exact) mass is 790 g/mol. The average Bonchev–Trinajstić information content (AvgIpc) is 3.26. The van der Waals surface area contributed by atoms with Gasteiger partial charge in [0, 0.05) is 0 Å². The van der Waals surface area contributed by atoms with E-state index in [1.165, 1.54) is 113 Å². The van der Waals surface area contributed by atoms with Crippen LogP contribution in [-0.2, 0) is 4.31 Å². The van der Waals surface area contributed by atoms with Crippen LogP contribution < -0.4 is 22.6 Å². The minimum absolute atomic E-state index is 0.570. The van der Waals surface area contributed by atoms with E-state index < -0.39 is 16.8 Å². The molecule has 0 bridgehead atoms. The average molecular weight is 791 g/mol. The van der Waals surface area contributed by atoms with Gasteiger partial charge >= 0.3 is 337 Å². The Balaban J connectivity index is 1.16. The van der Waals surface area contributed by atoms with Gasteiger partial charge in [-0.2, -0.15) is 0 Å². The second-order valence-electron chi connectivity index (χ2n) is 15.6. The van der Waals surface area contributed by atoms with Crippen molar-refractivity contribution in [2.75, 3.05) is 0 Å². The van der Waals surface area contributed by atoms with Crippen molar-refractivity contribution >= 4 is 16.8 Å². The van der Waals surface area contributed by atoms with Gasteiger partial charge in [0.15, 0.2) is 0 Å². The number of para-hydroxylation sites is 2. The molecule has 0 unspecified atom stereocenters. The molecule has 8 rings (SSSR count). The molecular weight excluding hydrogens is 734 g/mol. The van der Waals surface area contributed by atoms with E-state index in [1.807, 2.05) is 97.1 Å². The van der Waals surface area contributed by atoms with Crippen molar-refractivity contribution < 1.29 is 26.9 Å². The fraction of sp³-hybridized carbons (Fsp3) is 0.375. The van der Waals surface area contributed by atoms with Crippen LogP contribution in [0.3, 0.4) is 0 Å². The van der Waals surface area contributed by atoms with Crippen molar-refractivity contribution in [3.8, 4) is 28.7 Å². The van der Waals surface area contributed by atoms with Crippen molar-refractivity contribution in [3.63, 3.8) is 0 Å². The molecule has 0 heterocycles. The number of benzene rings is 5. The van der Waals surface area contributed by atoms with Crippen molar-refractivity contribution in [1.29, 1.82) is 0 Å². The molecule has 0 aliphatic heterocycles. The van der Waals surface area contributed by atoms with E-state index in [0.29, 0.717) is 46.5 Å². The third kappa shape index (κ3) is 10.6. The van der Waals surface area contributed by atoms with Gasteiger partial charge in [-0.15, -0.1) is 0 Å². The minimum atomic E-state index is -4.28. The third-order valence-electron chi connectivity index (χ3n) is 11.6. The van der Waals surface area contributed by atoms with E-state index in [1.54, 1.807) is 0 Å². The normalized spacial score (nSPS) is 17.6. The van der Waals surface area contributed by atoms with Crippen LogP contribution in [0, 0.1) is 0 Å². The summed E-state index contributed by atoms with van der Waals surface area (Å²) in [5.74, 6) is 4.71. The van der Waals surface area contributed by atoms with E-state index >= 15 is 0 Å². The molecule has 3 aliphatic rings. The van der Waals surface area contributed by atoms with Crippen molar-refractivity contribution in [2.24, 2.45) is 0 Å². The van der Waals surface area contributed by atoms with E-state index in [9.17, 15) is 0 Å². The first kappa shape index (κ1) is 38.8. The quantitative estimate of drug-likeness (QED) is 0.0985. The first-order valence-electron chi connectivity index (χ1n) is 21.0. The maximum absolute atomic E-state index is 6.99. The van der Waals surface area contributed by atoms with Gasteiger partial charge in [0.1, 0.15) is 0 Å². The Labute approximate surface area is 335 Å². The van der Waals surface area contributed by atoms with Crippen LogP contribution in [0.1, 0.15) is 131 Å².